The molecule has 0 radical (unpaired) electrons. The Kier molecular flexibility index (Phi) is 6.05. The van der Waals surface area contributed by atoms with Gasteiger partial charge in [0.2, 0.25) is 0 Å². The number of aldehydes is 1. The van der Waals surface area contributed by atoms with Gasteiger partial charge in [0, 0.05) is 23.9 Å². The van der Waals surface area contributed by atoms with Crippen LogP contribution in [0.3, 0.4) is 0 Å². The predicted octanol–water partition coefficient (Wildman–Crippen LogP) is 4.15. The minimum Gasteiger partial charge on any atom is -0.351 e. The van der Waals surface area contributed by atoms with E-state index < -0.39 is 0 Å². The van der Waals surface area contributed by atoms with Crippen molar-refractivity contribution < 1.29 is 9.59 Å². The van der Waals surface area contributed by atoms with Gasteiger partial charge in [0.05, 0.1) is 11.4 Å². The summed E-state index contributed by atoms with van der Waals surface area (Å²) in [7, 11) is 0. The van der Waals surface area contributed by atoms with Gasteiger partial charge in [-0.25, -0.2) is 4.98 Å². The third-order valence-electron chi connectivity index (χ3n) is 4.21. The molecule has 0 aliphatic rings. The Hall–Kier alpha value is -3.34. The summed E-state index contributed by atoms with van der Waals surface area (Å²) in [6, 6.07) is 16.4. The molecule has 3 rings (SSSR count). The molecule has 5 nitrogen and oxygen atoms in total. The highest BCUT2D eigenvalue weighted by Crippen LogP contribution is 2.29. The third-order valence-corrected chi connectivity index (χ3v) is 4.21. The van der Waals surface area contributed by atoms with E-state index in [1.165, 1.54) is 0 Å². The lowest BCUT2D eigenvalue weighted by Crippen LogP contribution is -2.25. The standard InChI is InChI=1S/C22H21N3O2/c1-2-3-13-24-22(27)20-12-11-18(17-9-7-16(15-26)8-10-17)21(25-20)19-6-4-5-14-23-19/h4-12,14-15H,2-3,13H2,1H3,(H,24,27). The first-order chi connectivity index (χ1) is 13.2. The first kappa shape index (κ1) is 18.5. The SMILES string of the molecule is CCCCNC(=O)c1ccc(-c2ccc(C=O)cc2)c(-c2ccccn2)n1. The number of pyridine rings is 2. The maximum atomic E-state index is 12.4. The van der Waals surface area contributed by atoms with Gasteiger partial charge in [0.25, 0.3) is 5.91 Å². The van der Waals surface area contributed by atoms with Crippen LogP contribution in [-0.4, -0.2) is 28.7 Å². The number of hydrogen-bond donors (Lipinski definition) is 1. The summed E-state index contributed by atoms with van der Waals surface area (Å²) in [5.41, 5.74) is 4.06. The number of hydrogen-bond acceptors (Lipinski definition) is 4. The van der Waals surface area contributed by atoms with Gasteiger partial charge in [0.1, 0.15) is 12.0 Å². The van der Waals surface area contributed by atoms with E-state index in [-0.39, 0.29) is 5.91 Å². The van der Waals surface area contributed by atoms with Crippen LogP contribution in [0.4, 0.5) is 0 Å². The zero-order chi connectivity index (χ0) is 19.1. The number of rotatable bonds is 7. The summed E-state index contributed by atoms with van der Waals surface area (Å²) in [5, 5.41) is 2.89. The highest BCUT2D eigenvalue weighted by molar-refractivity contribution is 5.94. The number of nitrogens with one attached hydrogen (secondary N) is 1. The van der Waals surface area contributed by atoms with Crippen molar-refractivity contribution in [2.24, 2.45) is 0 Å². The molecule has 1 amide bonds. The molecule has 1 N–H and O–H groups in total. The van der Waals surface area contributed by atoms with Crippen molar-refractivity contribution in [3.8, 4) is 22.5 Å². The first-order valence-corrected chi connectivity index (χ1v) is 8.99. The summed E-state index contributed by atoms with van der Waals surface area (Å²) < 4.78 is 0. The zero-order valence-electron chi connectivity index (χ0n) is 15.2. The summed E-state index contributed by atoms with van der Waals surface area (Å²) >= 11 is 0. The van der Waals surface area contributed by atoms with E-state index in [1.54, 1.807) is 24.4 Å². The summed E-state index contributed by atoms with van der Waals surface area (Å²) in [5.74, 6) is -0.191. The van der Waals surface area contributed by atoms with Crippen LogP contribution in [0.15, 0.2) is 60.8 Å². The van der Waals surface area contributed by atoms with Gasteiger partial charge >= 0.3 is 0 Å². The van der Waals surface area contributed by atoms with Gasteiger partial charge in [-0.1, -0.05) is 43.7 Å². The largest absolute Gasteiger partial charge is 0.351 e. The maximum Gasteiger partial charge on any atom is 0.269 e. The lowest BCUT2D eigenvalue weighted by Gasteiger charge is -2.11. The van der Waals surface area contributed by atoms with E-state index >= 15 is 0 Å². The quantitative estimate of drug-likeness (QED) is 0.508. The molecule has 0 fully saturated rings. The molecule has 0 aliphatic heterocycles. The molecule has 2 aromatic heterocycles. The van der Waals surface area contributed by atoms with Crippen molar-refractivity contribution in [3.05, 3.63) is 72.1 Å². The Bertz CT molecular complexity index is 922. The molecule has 0 unspecified atom stereocenters. The number of unbranched alkanes of at least 4 members (excludes halogenated alkanes) is 1. The second-order valence-electron chi connectivity index (χ2n) is 6.16. The molecule has 136 valence electrons. The zero-order valence-corrected chi connectivity index (χ0v) is 15.2. The second kappa shape index (κ2) is 8.85. The number of benzene rings is 1. The highest BCUT2D eigenvalue weighted by atomic mass is 16.1. The van der Waals surface area contributed by atoms with Crippen LogP contribution < -0.4 is 5.32 Å². The molecule has 0 spiro atoms. The molecule has 1 aromatic carbocycles. The van der Waals surface area contributed by atoms with Crippen LogP contribution in [-0.2, 0) is 0 Å². The molecule has 27 heavy (non-hydrogen) atoms. The van der Waals surface area contributed by atoms with E-state index in [2.05, 4.69) is 22.2 Å². The van der Waals surface area contributed by atoms with Crippen molar-refractivity contribution in [1.82, 2.24) is 15.3 Å². The van der Waals surface area contributed by atoms with Gasteiger partial charge in [-0.3, -0.25) is 14.6 Å². The summed E-state index contributed by atoms with van der Waals surface area (Å²) in [6.07, 6.45) is 4.46. The second-order valence-corrected chi connectivity index (χ2v) is 6.16. The Morgan fingerprint density at radius 1 is 1.07 bits per heavy atom. The van der Waals surface area contributed by atoms with Crippen molar-refractivity contribution in [2.75, 3.05) is 6.54 Å². The molecular weight excluding hydrogens is 338 g/mol. The summed E-state index contributed by atoms with van der Waals surface area (Å²) in [6.45, 7) is 2.71. The Morgan fingerprint density at radius 3 is 2.56 bits per heavy atom. The number of carbonyl (C=O) groups excluding carboxylic acids is 2. The van der Waals surface area contributed by atoms with Crippen LogP contribution >= 0.6 is 0 Å². The van der Waals surface area contributed by atoms with Crippen molar-refractivity contribution in [1.29, 1.82) is 0 Å². The molecule has 0 saturated carbocycles. The van der Waals surface area contributed by atoms with Crippen LogP contribution in [0.25, 0.3) is 22.5 Å². The number of amides is 1. The molecule has 0 bridgehead atoms. The predicted molar refractivity (Wildman–Crippen MR) is 106 cm³/mol. The lowest BCUT2D eigenvalue weighted by atomic mass is 10.00. The normalized spacial score (nSPS) is 10.4. The van der Waals surface area contributed by atoms with Crippen molar-refractivity contribution in [3.63, 3.8) is 0 Å². The van der Waals surface area contributed by atoms with Gasteiger partial charge in [-0.15, -0.1) is 0 Å². The Labute approximate surface area is 158 Å². The average Bonchev–Trinajstić information content (AvgIpc) is 2.74. The fourth-order valence-corrected chi connectivity index (χ4v) is 2.73. The van der Waals surface area contributed by atoms with Crippen LogP contribution in [0.1, 0.15) is 40.6 Å². The van der Waals surface area contributed by atoms with Crippen molar-refractivity contribution >= 4 is 12.2 Å². The highest BCUT2D eigenvalue weighted by Gasteiger charge is 2.15. The molecule has 2 heterocycles. The van der Waals surface area contributed by atoms with Crippen LogP contribution in [0, 0.1) is 0 Å². The minimum absolute atomic E-state index is 0.191. The fraction of sp³-hybridized carbons (Fsp3) is 0.182. The van der Waals surface area contributed by atoms with E-state index in [1.807, 2.05) is 36.4 Å². The van der Waals surface area contributed by atoms with E-state index in [9.17, 15) is 9.59 Å². The Balaban J connectivity index is 2.02. The molecule has 0 aliphatic carbocycles. The van der Waals surface area contributed by atoms with Crippen LogP contribution in [0.2, 0.25) is 0 Å². The molecule has 5 heteroatoms. The van der Waals surface area contributed by atoms with Gasteiger partial charge in [0.15, 0.2) is 0 Å². The molecular formula is C22H21N3O2. The molecule has 3 aromatic rings. The lowest BCUT2D eigenvalue weighted by molar-refractivity contribution is 0.0948. The van der Waals surface area contributed by atoms with Crippen LogP contribution in [0.5, 0.6) is 0 Å². The van der Waals surface area contributed by atoms with Crippen molar-refractivity contribution in [2.45, 2.75) is 19.8 Å². The maximum absolute atomic E-state index is 12.4. The fourth-order valence-electron chi connectivity index (χ4n) is 2.73. The number of carbonyl (C=O) groups is 2. The van der Waals surface area contributed by atoms with Gasteiger partial charge < -0.3 is 5.32 Å². The van der Waals surface area contributed by atoms with E-state index in [0.717, 1.165) is 30.3 Å². The van der Waals surface area contributed by atoms with E-state index in [0.29, 0.717) is 29.2 Å². The van der Waals surface area contributed by atoms with E-state index in [4.69, 9.17) is 0 Å². The number of aromatic nitrogens is 2. The monoisotopic (exact) mass is 359 g/mol. The van der Waals surface area contributed by atoms with Gasteiger partial charge in [-0.05, 0) is 36.2 Å². The topological polar surface area (TPSA) is 72.0 Å². The average molecular weight is 359 g/mol. The summed E-state index contributed by atoms with van der Waals surface area (Å²) in [4.78, 5) is 32.3. The molecule has 0 atom stereocenters. The smallest absolute Gasteiger partial charge is 0.269 e. The first-order valence-electron chi connectivity index (χ1n) is 8.99. The number of nitrogens with zero attached hydrogens (tertiary/aromatic N) is 2. The van der Waals surface area contributed by atoms with Gasteiger partial charge in [-0.2, -0.15) is 0 Å². The molecule has 0 saturated heterocycles. The third kappa shape index (κ3) is 4.44. The minimum atomic E-state index is -0.191. The Morgan fingerprint density at radius 2 is 1.89 bits per heavy atom.